The van der Waals surface area contributed by atoms with E-state index in [1.807, 2.05) is 60.7 Å². The SMILES string of the molecule is O=C(NCCCCCCNC(=O)c1ccc2ccccc2n1)c1ccc2ccccc2n1. The summed E-state index contributed by atoms with van der Waals surface area (Å²) >= 11 is 0. The molecule has 2 aromatic heterocycles. The summed E-state index contributed by atoms with van der Waals surface area (Å²) in [6.45, 7) is 1.22. The van der Waals surface area contributed by atoms with Crippen LogP contribution in [0.25, 0.3) is 21.8 Å². The first-order valence-corrected chi connectivity index (χ1v) is 11.0. The average molecular weight is 427 g/mol. The zero-order chi connectivity index (χ0) is 22.2. The van der Waals surface area contributed by atoms with Crippen molar-refractivity contribution in [1.29, 1.82) is 0 Å². The molecule has 4 aromatic rings. The minimum atomic E-state index is -0.147. The van der Waals surface area contributed by atoms with Crippen LogP contribution >= 0.6 is 0 Å². The van der Waals surface area contributed by atoms with Crippen molar-refractivity contribution < 1.29 is 9.59 Å². The summed E-state index contributed by atoms with van der Waals surface area (Å²) in [5, 5.41) is 7.90. The molecule has 2 heterocycles. The Balaban J connectivity index is 1.11. The fourth-order valence-corrected chi connectivity index (χ4v) is 3.57. The highest BCUT2D eigenvalue weighted by molar-refractivity contribution is 5.95. The molecule has 0 unspecified atom stereocenters. The van der Waals surface area contributed by atoms with Gasteiger partial charge in [0.25, 0.3) is 11.8 Å². The lowest BCUT2D eigenvalue weighted by Crippen LogP contribution is -2.26. The Hall–Kier alpha value is -3.80. The normalized spacial score (nSPS) is 10.9. The van der Waals surface area contributed by atoms with E-state index in [4.69, 9.17) is 0 Å². The van der Waals surface area contributed by atoms with Gasteiger partial charge >= 0.3 is 0 Å². The molecular weight excluding hydrogens is 400 g/mol. The number of unbranched alkanes of at least 4 members (excludes halogenated alkanes) is 3. The minimum Gasteiger partial charge on any atom is -0.351 e. The molecule has 2 aromatic carbocycles. The van der Waals surface area contributed by atoms with Gasteiger partial charge in [0.15, 0.2) is 0 Å². The number of nitrogens with zero attached hydrogens (tertiary/aromatic N) is 2. The van der Waals surface area contributed by atoms with E-state index in [9.17, 15) is 9.59 Å². The van der Waals surface area contributed by atoms with Gasteiger partial charge in [-0.3, -0.25) is 9.59 Å². The predicted octanol–water partition coefficient (Wildman–Crippen LogP) is 4.50. The first-order chi connectivity index (χ1) is 15.7. The molecule has 2 amide bonds. The first-order valence-electron chi connectivity index (χ1n) is 11.0. The van der Waals surface area contributed by atoms with Gasteiger partial charge in [0, 0.05) is 23.9 Å². The Bertz CT molecular complexity index is 1140. The van der Waals surface area contributed by atoms with Crippen LogP contribution in [-0.4, -0.2) is 34.9 Å². The van der Waals surface area contributed by atoms with Crippen LogP contribution < -0.4 is 10.6 Å². The van der Waals surface area contributed by atoms with Crippen LogP contribution in [0.5, 0.6) is 0 Å². The second-order valence-electron chi connectivity index (χ2n) is 7.70. The van der Waals surface area contributed by atoms with Crippen LogP contribution in [0.1, 0.15) is 46.7 Å². The van der Waals surface area contributed by atoms with Crippen molar-refractivity contribution in [2.45, 2.75) is 25.7 Å². The zero-order valence-electron chi connectivity index (χ0n) is 17.9. The molecule has 4 rings (SSSR count). The first kappa shape index (κ1) is 21.4. The molecular formula is C26H26N4O2. The molecule has 0 saturated carbocycles. The number of para-hydroxylation sites is 2. The average Bonchev–Trinajstić information content (AvgIpc) is 2.84. The lowest BCUT2D eigenvalue weighted by atomic mass is 10.1. The smallest absolute Gasteiger partial charge is 0.269 e. The Labute approximate surface area is 187 Å². The molecule has 0 fully saturated rings. The molecule has 162 valence electrons. The standard InChI is InChI=1S/C26H26N4O2/c31-25(23-15-13-19-9-3-5-11-21(19)29-23)27-17-7-1-2-8-18-28-26(32)24-16-14-20-10-4-6-12-22(20)30-24/h3-6,9-16H,1-2,7-8,17-18H2,(H,27,31)(H,28,32). The Morgan fingerprint density at radius 3 is 1.47 bits per heavy atom. The Kier molecular flexibility index (Phi) is 7.02. The molecule has 6 nitrogen and oxygen atoms in total. The van der Waals surface area contributed by atoms with Gasteiger partial charge in [-0.05, 0) is 37.1 Å². The van der Waals surface area contributed by atoms with Crippen LogP contribution in [0.4, 0.5) is 0 Å². The molecule has 0 spiro atoms. The van der Waals surface area contributed by atoms with Crippen molar-refractivity contribution in [3.05, 3.63) is 84.2 Å². The fraction of sp³-hybridized carbons (Fsp3) is 0.231. The number of hydrogen-bond donors (Lipinski definition) is 2. The van der Waals surface area contributed by atoms with Gasteiger partial charge in [-0.15, -0.1) is 0 Å². The summed E-state index contributed by atoms with van der Waals surface area (Å²) in [5.74, 6) is -0.295. The fourth-order valence-electron chi connectivity index (χ4n) is 3.57. The minimum absolute atomic E-state index is 0.147. The summed E-state index contributed by atoms with van der Waals surface area (Å²) < 4.78 is 0. The second kappa shape index (κ2) is 10.5. The lowest BCUT2D eigenvalue weighted by Gasteiger charge is -2.07. The maximum Gasteiger partial charge on any atom is 0.269 e. The Morgan fingerprint density at radius 2 is 1.00 bits per heavy atom. The third-order valence-electron chi connectivity index (χ3n) is 5.34. The van der Waals surface area contributed by atoms with Crippen LogP contribution in [0.3, 0.4) is 0 Å². The van der Waals surface area contributed by atoms with Crippen molar-refractivity contribution >= 4 is 33.6 Å². The van der Waals surface area contributed by atoms with Crippen molar-refractivity contribution in [3.8, 4) is 0 Å². The van der Waals surface area contributed by atoms with Gasteiger partial charge in [-0.25, -0.2) is 9.97 Å². The summed E-state index contributed by atoms with van der Waals surface area (Å²) in [6, 6.07) is 22.8. The molecule has 0 atom stereocenters. The summed E-state index contributed by atoms with van der Waals surface area (Å²) in [7, 11) is 0. The van der Waals surface area contributed by atoms with Crippen molar-refractivity contribution in [1.82, 2.24) is 20.6 Å². The third kappa shape index (κ3) is 5.46. The number of aromatic nitrogens is 2. The largest absolute Gasteiger partial charge is 0.351 e. The van der Waals surface area contributed by atoms with Crippen LogP contribution in [0.15, 0.2) is 72.8 Å². The molecule has 32 heavy (non-hydrogen) atoms. The third-order valence-corrected chi connectivity index (χ3v) is 5.34. The molecule has 2 N–H and O–H groups in total. The topological polar surface area (TPSA) is 84.0 Å². The number of amides is 2. The van der Waals surface area contributed by atoms with E-state index in [-0.39, 0.29) is 11.8 Å². The number of benzene rings is 2. The van der Waals surface area contributed by atoms with E-state index in [0.29, 0.717) is 24.5 Å². The van der Waals surface area contributed by atoms with E-state index < -0.39 is 0 Å². The van der Waals surface area contributed by atoms with E-state index in [2.05, 4.69) is 20.6 Å². The van der Waals surface area contributed by atoms with Gasteiger partial charge in [0.2, 0.25) is 0 Å². The Morgan fingerprint density at radius 1 is 0.562 bits per heavy atom. The van der Waals surface area contributed by atoms with Crippen LogP contribution in [0, 0.1) is 0 Å². The molecule has 0 aliphatic heterocycles. The van der Waals surface area contributed by atoms with Gasteiger partial charge in [-0.1, -0.05) is 61.4 Å². The van der Waals surface area contributed by atoms with Crippen molar-refractivity contribution in [2.75, 3.05) is 13.1 Å². The summed E-state index contributed by atoms with van der Waals surface area (Å²) in [6.07, 6.45) is 3.74. The van der Waals surface area contributed by atoms with Gasteiger partial charge in [-0.2, -0.15) is 0 Å². The van der Waals surface area contributed by atoms with E-state index in [1.54, 1.807) is 12.1 Å². The second-order valence-corrected chi connectivity index (χ2v) is 7.70. The predicted molar refractivity (Wildman–Crippen MR) is 127 cm³/mol. The molecule has 0 saturated heterocycles. The van der Waals surface area contributed by atoms with E-state index in [0.717, 1.165) is 47.5 Å². The summed E-state index contributed by atoms with van der Waals surface area (Å²) in [5.41, 5.74) is 2.52. The van der Waals surface area contributed by atoms with Crippen molar-refractivity contribution in [2.24, 2.45) is 0 Å². The maximum absolute atomic E-state index is 12.3. The monoisotopic (exact) mass is 426 g/mol. The maximum atomic E-state index is 12.3. The van der Waals surface area contributed by atoms with Gasteiger partial charge in [0.1, 0.15) is 11.4 Å². The van der Waals surface area contributed by atoms with E-state index >= 15 is 0 Å². The number of carbonyl (C=O) groups is 2. The quantitative estimate of drug-likeness (QED) is 0.386. The number of fused-ring (bicyclic) bond motifs is 2. The lowest BCUT2D eigenvalue weighted by molar-refractivity contribution is 0.0938. The highest BCUT2D eigenvalue weighted by atomic mass is 16.2. The van der Waals surface area contributed by atoms with Gasteiger partial charge < -0.3 is 10.6 Å². The number of carbonyl (C=O) groups excluding carboxylic acids is 2. The zero-order valence-corrected chi connectivity index (χ0v) is 17.9. The molecule has 0 aliphatic rings. The molecule has 0 radical (unpaired) electrons. The number of hydrogen-bond acceptors (Lipinski definition) is 4. The van der Waals surface area contributed by atoms with Gasteiger partial charge in [0.05, 0.1) is 11.0 Å². The van der Waals surface area contributed by atoms with Crippen LogP contribution in [-0.2, 0) is 0 Å². The highest BCUT2D eigenvalue weighted by Gasteiger charge is 2.08. The number of nitrogens with one attached hydrogen (secondary N) is 2. The molecule has 0 bridgehead atoms. The van der Waals surface area contributed by atoms with Crippen LogP contribution in [0.2, 0.25) is 0 Å². The number of rotatable bonds is 9. The molecule has 6 heteroatoms. The van der Waals surface area contributed by atoms with Crippen molar-refractivity contribution in [3.63, 3.8) is 0 Å². The molecule has 0 aliphatic carbocycles. The number of pyridine rings is 2. The highest BCUT2D eigenvalue weighted by Crippen LogP contribution is 2.13. The van der Waals surface area contributed by atoms with E-state index in [1.165, 1.54) is 0 Å². The summed E-state index contributed by atoms with van der Waals surface area (Å²) in [4.78, 5) is 33.4.